The first-order valence-electron chi connectivity index (χ1n) is 5.68. The molecular weight excluding hydrogens is 238 g/mol. The Labute approximate surface area is 106 Å². The van der Waals surface area contributed by atoms with Crippen molar-refractivity contribution in [1.29, 1.82) is 0 Å². The number of nitrogens with zero attached hydrogens (tertiary/aromatic N) is 3. The summed E-state index contributed by atoms with van der Waals surface area (Å²) >= 11 is 5.95. The summed E-state index contributed by atoms with van der Waals surface area (Å²) in [5.74, 6) is 1.24. The summed E-state index contributed by atoms with van der Waals surface area (Å²) in [5.41, 5.74) is 1.77. The number of ether oxygens (including phenoxy) is 1. The van der Waals surface area contributed by atoms with Crippen molar-refractivity contribution >= 4 is 22.8 Å². The van der Waals surface area contributed by atoms with Crippen LogP contribution in [0.15, 0.2) is 18.3 Å². The third-order valence-corrected chi connectivity index (χ3v) is 3.08. The minimum Gasteiger partial charge on any atom is -0.383 e. The summed E-state index contributed by atoms with van der Waals surface area (Å²) in [6.45, 7) is 2.76. The molecule has 0 saturated carbocycles. The van der Waals surface area contributed by atoms with Gasteiger partial charge in [-0.05, 0) is 18.6 Å². The monoisotopic (exact) mass is 253 g/mol. The lowest BCUT2D eigenvalue weighted by atomic mass is 10.2. The van der Waals surface area contributed by atoms with E-state index in [1.807, 2.05) is 12.1 Å². The molecule has 0 aliphatic carbocycles. The predicted octanol–water partition coefficient (Wildman–Crippen LogP) is 2.77. The third-order valence-electron chi connectivity index (χ3n) is 2.84. The molecule has 2 aromatic rings. The molecule has 0 bridgehead atoms. The van der Waals surface area contributed by atoms with Gasteiger partial charge in [0.2, 0.25) is 0 Å². The fourth-order valence-corrected chi connectivity index (χ4v) is 2.21. The Bertz CT molecular complexity index is 497. The molecule has 2 heterocycles. The van der Waals surface area contributed by atoms with Gasteiger partial charge in [0.25, 0.3) is 0 Å². The average Bonchev–Trinajstić information content (AvgIpc) is 2.74. The van der Waals surface area contributed by atoms with Crippen LogP contribution in [0.2, 0.25) is 0 Å². The van der Waals surface area contributed by atoms with Gasteiger partial charge in [0.05, 0.1) is 18.5 Å². The van der Waals surface area contributed by atoms with Crippen molar-refractivity contribution in [2.75, 3.05) is 13.7 Å². The molecule has 0 saturated heterocycles. The molecule has 0 N–H and O–H groups in total. The number of rotatable bonds is 5. The summed E-state index contributed by atoms with van der Waals surface area (Å²) in [5, 5.41) is 0. The molecule has 2 aromatic heterocycles. The van der Waals surface area contributed by atoms with Gasteiger partial charge < -0.3 is 9.30 Å². The fraction of sp³-hybridized carbons (Fsp3) is 0.500. The van der Waals surface area contributed by atoms with Crippen molar-refractivity contribution < 1.29 is 4.74 Å². The highest BCUT2D eigenvalue weighted by atomic mass is 35.5. The highest BCUT2D eigenvalue weighted by Gasteiger charge is 2.17. The van der Waals surface area contributed by atoms with Crippen molar-refractivity contribution in [3.63, 3.8) is 0 Å². The molecule has 0 spiro atoms. The van der Waals surface area contributed by atoms with Crippen molar-refractivity contribution in [3.8, 4) is 0 Å². The van der Waals surface area contributed by atoms with Crippen LogP contribution in [0, 0.1) is 0 Å². The first-order valence-corrected chi connectivity index (χ1v) is 6.22. The smallest absolute Gasteiger partial charge is 0.160 e. The Hall–Kier alpha value is -1.13. The number of alkyl halides is 1. The van der Waals surface area contributed by atoms with Gasteiger partial charge in [-0.3, -0.25) is 0 Å². The quantitative estimate of drug-likeness (QED) is 0.770. The van der Waals surface area contributed by atoms with Crippen molar-refractivity contribution in [2.24, 2.45) is 0 Å². The number of aromatic nitrogens is 3. The SMILES string of the molecule is CCC(COC)n1c(CCl)nc2cccnc21. The third kappa shape index (κ3) is 2.28. The van der Waals surface area contributed by atoms with E-state index in [1.54, 1.807) is 13.3 Å². The molecule has 2 rings (SSSR count). The maximum Gasteiger partial charge on any atom is 0.160 e. The highest BCUT2D eigenvalue weighted by molar-refractivity contribution is 6.16. The van der Waals surface area contributed by atoms with Gasteiger partial charge in [-0.2, -0.15) is 0 Å². The topological polar surface area (TPSA) is 39.9 Å². The number of methoxy groups -OCH3 is 1. The number of hydrogen-bond donors (Lipinski definition) is 0. The van der Waals surface area contributed by atoms with E-state index in [0.717, 1.165) is 23.4 Å². The van der Waals surface area contributed by atoms with Gasteiger partial charge in [-0.25, -0.2) is 9.97 Å². The van der Waals surface area contributed by atoms with Gasteiger partial charge in [-0.15, -0.1) is 11.6 Å². The summed E-state index contributed by atoms with van der Waals surface area (Å²) < 4.78 is 7.34. The second-order valence-corrected chi connectivity index (χ2v) is 4.16. The predicted molar refractivity (Wildman–Crippen MR) is 68.3 cm³/mol. The Morgan fingerprint density at radius 2 is 2.35 bits per heavy atom. The van der Waals surface area contributed by atoms with Crippen molar-refractivity contribution in [3.05, 3.63) is 24.2 Å². The Morgan fingerprint density at radius 3 is 3.00 bits per heavy atom. The van der Waals surface area contributed by atoms with Crippen molar-refractivity contribution in [1.82, 2.24) is 14.5 Å². The van der Waals surface area contributed by atoms with Crippen LogP contribution < -0.4 is 0 Å². The normalized spacial score (nSPS) is 13.1. The van der Waals surface area contributed by atoms with Gasteiger partial charge in [-0.1, -0.05) is 6.92 Å². The summed E-state index contributed by atoms with van der Waals surface area (Å²) in [7, 11) is 1.70. The Kier molecular flexibility index (Phi) is 3.97. The molecule has 17 heavy (non-hydrogen) atoms. The molecule has 0 aromatic carbocycles. The van der Waals surface area contributed by atoms with E-state index >= 15 is 0 Å². The standard InChI is InChI=1S/C12H16ClN3O/c1-3-9(8-17-2)16-11(7-13)15-10-5-4-6-14-12(10)16/h4-6,9H,3,7-8H2,1-2H3. The molecule has 0 amide bonds. The molecule has 0 fully saturated rings. The second-order valence-electron chi connectivity index (χ2n) is 3.90. The number of hydrogen-bond acceptors (Lipinski definition) is 3. The summed E-state index contributed by atoms with van der Waals surface area (Å²) in [6, 6.07) is 4.07. The van der Waals surface area contributed by atoms with Crippen LogP contribution in [0.25, 0.3) is 11.2 Å². The zero-order valence-electron chi connectivity index (χ0n) is 10.1. The lowest BCUT2D eigenvalue weighted by molar-refractivity contribution is 0.153. The van der Waals surface area contributed by atoms with Crippen LogP contribution >= 0.6 is 11.6 Å². The molecule has 1 atom stereocenters. The van der Waals surface area contributed by atoms with E-state index < -0.39 is 0 Å². The van der Waals surface area contributed by atoms with Gasteiger partial charge >= 0.3 is 0 Å². The van der Waals surface area contributed by atoms with E-state index in [1.165, 1.54) is 0 Å². The van der Waals surface area contributed by atoms with Gasteiger partial charge in [0, 0.05) is 13.3 Å². The lowest BCUT2D eigenvalue weighted by Crippen LogP contribution is -2.16. The number of pyridine rings is 1. The molecular formula is C12H16ClN3O. The van der Waals surface area contributed by atoms with E-state index in [4.69, 9.17) is 16.3 Å². The fourth-order valence-electron chi connectivity index (χ4n) is 2.02. The van der Waals surface area contributed by atoms with Crippen molar-refractivity contribution in [2.45, 2.75) is 25.3 Å². The maximum atomic E-state index is 5.95. The lowest BCUT2D eigenvalue weighted by Gasteiger charge is -2.18. The molecule has 4 nitrogen and oxygen atoms in total. The maximum absolute atomic E-state index is 5.95. The number of fused-ring (bicyclic) bond motifs is 1. The first-order chi connectivity index (χ1) is 8.31. The Balaban J connectivity index is 2.55. The van der Waals surface area contributed by atoms with Gasteiger partial charge in [0.15, 0.2) is 5.65 Å². The first kappa shape index (κ1) is 12.3. The second kappa shape index (κ2) is 5.47. The molecule has 0 radical (unpaired) electrons. The molecule has 92 valence electrons. The number of imidazole rings is 1. The summed E-state index contributed by atoms with van der Waals surface area (Å²) in [4.78, 5) is 8.88. The van der Waals surface area contributed by atoms with Crippen LogP contribution in [0.5, 0.6) is 0 Å². The molecule has 0 aliphatic rings. The Morgan fingerprint density at radius 1 is 1.53 bits per heavy atom. The average molecular weight is 254 g/mol. The van der Waals surface area contributed by atoms with E-state index in [2.05, 4.69) is 21.5 Å². The van der Waals surface area contributed by atoms with E-state index in [9.17, 15) is 0 Å². The van der Waals surface area contributed by atoms with E-state index in [-0.39, 0.29) is 6.04 Å². The van der Waals surface area contributed by atoms with Crippen LogP contribution in [0.3, 0.4) is 0 Å². The van der Waals surface area contributed by atoms with Crippen LogP contribution in [0.1, 0.15) is 25.2 Å². The van der Waals surface area contributed by atoms with E-state index in [0.29, 0.717) is 12.5 Å². The highest BCUT2D eigenvalue weighted by Crippen LogP contribution is 2.22. The summed E-state index contributed by atoms with van der Waals surface area (Å²) in [6.07, 6.45) is 2.73. The van der Waals surface area contributed by atoms with Gasteiger partial charge in [0.1, 0.15) is 11.3 Å². The largest absolute Gasteiger partial charge is 0.383 e. The molecule has 0 aliphatic heterocycles. The minimum absolute atomic E-state index is 0.230. The number of halogens is 1. The van der Waals surface area contributed by atoms with Crippen LogP contribution in [-0.4, -0.2) is 28.3 Å². The molecule has 5 heteroatoms. The minimum atomic E-state index is 0.230. The molecule has 1 unspecified atom stereocenters. The van der Waals surface area contributed by atoms with Crippen LogP contribution in [0.4, 0.5) is 0 Å². The van der Waals surface area contributed by atoms with Crippen LogP contribution in [-0.2, 0) is 10.6 Å². The zero-order valence-corrected chi connectivity index (χ0v) is 10.8. The zero-order chi connectivity index (χ0) is 12.3.